The highest BCUT2D eigenvalue weighted by atomic mass is 32.2. The Labute approximate surface area is 158 Å². The fraction of sp³-hybridized carbons (Fsp3) is 0.294. The van der Waals surface area contributed by atoms with E-state index in [0.29, 0.717) is 24.4 Å². The maximum atomic E-state index is 12.7. The van der Waals surface area contributed by atoms with E-state index in [1.807, 2.05) is 0 Å². The molecule has 0 aromatic heterocycles. The van der Waals surface area contributed by atoms with Gasteiger partial charge < -0.3 is 9.47 Å². The topological polar surface area (TPSA) is 102 Å². The SMILES string of the molecule is COc1ccc(S(=O)(=O)Nc2cccc(N3CCCS3(=O)=O)c2)cc1OC. The molecule has 10 heteroatoms. The summed E-state index contributed by atoms with van der Waals surface area (Å²) in [6.07, 6.45) is 0.546. The first-order chi connectivity index (χ1) is 12.8. The minimum Gasteiger partial charge on any atom is -0.493 e. The summed E-state index contributed by atoms with van der Waals surface area (Å²) in [6, 6.07) is 10.6. The van der Waals surface area contributed by atoms with Crippen LogP contribution in [0.4, 0.5) is 11.4 Å². The van der Waals surface area contributed by atoms with Crippen molar-refractivity contribution in [1.82, 2.24) is 0 Å². The van der Waals surface area contributed by atoms with E-state index in [4.69, 9.17) is 9.47 Å². The molecule has 0 radical (unpaired) electrons. The molecule has 1 saturated heterocycles. The van der Waals surface area contributed by atoms with Crippen LogP contribution in [0, 0.1) is 0 Å². The predicted octanol–water partition coefficient (Wildman–Crippen LogP) is 2.04. The summed E-state index contributed by atoms with van der Waals surface area (Å²) >= 11 is 0. The summed E-state index contributed by atoms with van der Waals surface area (Å²) < 4.78 is 63.5. The Hall–Kier alpha value is -2.46. The lowest BCUT2D eigenvalue weighted by Crippen LogP contribution is -2.25. The van der Waals surface area contributed by atoms with Crippen LogP contribution in [0.1, 0.15) is 6.42 Å². The number of anilines is 2. The Morgan fingerprint density at radius 3 is 2.41 bits per heavy atom. The van der Waals surface area contributed by atoms with Gasteiger partial charge in [0, 0.05) is 12.6 Å². The van der Waals surface area contributed by atoms with Crippen molar-refractivity contribution in [1.29, 1.82) is 0 Å². The minimum absolute atomic E-state index is 0.000605. The van der Waals surface area contributed by atoms with Crippen molar-refractivity contribution in [2.75, 3.05) is 35.5 Å². The first kappa shape index (κ1) is 19.3. The summed E-state index contributed by atoms with van der Waals surface area (Å²) in [5.74, 6) is 0.796. The van der Waals surface area contributed by atoms with E-state index in [2.05, 4.69) is 4.72 Å². The lowest BCUT2D eigenvalue weighted by Gasteiger charge is -2.18. The van der Waals surface area contributed by atoms with Crippen molar-refractivity contribution in [3.05, 3.63) is 42.5 Å². The first-order valence-corrected chi connectivity index (χ1v) is 11.2. The summed E-state index contributed by atoms with van der Waals surface area (Å²) in [5.41, 5.74) is 0.699. The molecule has 0 bridgehead atoms. The molecule has 3 rings (SSSR count). The fourth-order valence-corrected chi connectivity index (χ4v) is 5.47. The molecule has 0 saturated carbocycles. The zero-order chi connectivity index (χ0) is 19.7. The van der Waals surface area contributed by atoms with Crippen LogP contribution in [0.15, 0.2) is 47.4 Å². The van der Waals surface area contributed by atoms with Gasteiger partial charge in [-0.2, -0.15) is 0 Å². The normalized spacial score (nSPS) is 16.1. The molecule has 2 aromatic carbocycles. The maximum Gasteiger partial charge on any atom is 0.262 e. The Balaban J connectivity index is 1.90. The largest absolute Gasteiger partial charge is 0.493 e. The molecular formula is C17H20N2O6S2. The average molecular weight is 412 g/mol. The summed E-state index contributed by atoms with van der Waals surface area (Å²) in [4.78, 5) is -0.000605. The third-order valence-corrected chi connectivity index (χ3v) is 7.40. The van der Waals surface area contributed by atoms with Gasteiger partial charge >= 0.3 is 0 Å². The quantitative estimate of drug-likeness (QED) is 0.779. The lowest BCUT2D eigenvalue weighted by atomic mass is 10.3. The van der Waals surface area contributed by atoms with E-state index < -0.39 is 20.0 Å². The van der Waals surface area contributed by atoms with Crippen LogP contribution in [0.3, 0.4) is 0 Å². The molecule has 146 valence electrons. The van der Waals surface area contributed by atoms with Crippen molar-refractivity contribution >= 4 is 31.4 Å². The monoisotopic (exact) mass is 412 g/mol. The molecule has 1 fully saturated rings. The van der Waals surface area contributed by atoms with Crippen molar-refractivity contribution in [3.63, 3.8) is 0 Å². The number of hydrogen-bond acceptors (Lipinski definition) is 6. The van der Waals surface area contributed by atoms with Gasteiger partial charge in [0.2, 0.25) is 10.0 Å². The third kappa shape index (κ3) is 3.96. The highest BCUT2D eigenvalue weighted by molar-refractivity contribution is 7.93. The van der Waals surface area contributed by atoms with E-state index in [1.165, 1.54) is 42.8 Å². The van der Waals surface area contributed by atoms with E-state index in [0.717, 1.165) is 0 Å². The van der Waals surface area contributed by atoms with Gasteiger partial charge in [0.25, 0.3) is 10.0 Å². The average Bonchev–Trinajstić information content (AvgIpc) is 3.00. The Morgan fingerprint density at radius 2 is 1.78 bits per heavy atom. The van der Waals surface area contributed by atoms with Crippen molar-refractivity contribution in [2.45, 2.75) is 11.3 Å². The van der Waals surface area contributed by atoms with Crippen molar-refractivity contribution in [2.24, 2.45) is 0 Å². The Kier molecular flexibility index (Phi) is 5.20. The maximum absolute atomic E-state index is 12.7. The van der Waals surface area contributed by atoms with Gasteiger partial charge in [-0.15, -0.1) is 0 Å². The molecule has 0 amide bonds. The van der Waals surface area contributed by atoms with E-state index in [1.54, 1.807) is 18.2 Å². The van der Waals surface area contributed by atoms with Gasteiger partial charge in [-0.3, -0.25) is 9.03 Å². The number of rotatable bonds is 6. The molecule has 0 atom stereocenters. The van der Waals surface area contributed by atoms with E-state index >= 15 is 0 Å². The van der Waals surface area contributed by atoms with Gasteiger partial charge in [0.1, 0.15) is 0 Å². The summed E-state index contributed by atoms with van der Waals surface area (Å²) in [5, 5.41) is 0. The van der Waals surface area contributed by atoms with Crippen LogP contribution in [-0.4, -0.2) is 43.4 Å². The van der Waals surface area contributed by atoms with Gasteiger partial charge in [0.15, 0.2) is 11.5 Å². The number of ether oxygens (including phenoxy) is 2. The number of nitrogens with one attached hydrogen (secondary N) is 1. The van der Waals surface area contributed by atoms with Gasteiger partial charge in [-0.1, -0.05) is 6.07 Å². The second kappa shape index (κ2) is 7.28. The zero-order valence-corrected chi connectivity index (χ0v) is 16.5. The minimum atomic E-state index is -3.89. The number of hydrogen-bond donors (Lipinski definition) is 1. The van der Waals surface area contributed by atoms with E-state index in [-0.39, 0.29) is 22.1 Å². The molecule has 2 aromatic rings. The number of methoxy groups -OCH3 is 2. The second-order valence-corrected chi connectivity index (χ2v) is 9.61. The highest BCUT2D eigenvalue weighted by Crippen LogP contribution is 2.31. The van der Waals surface area contributed by atoms with Crippen LogP contribution >= 0.6 is 0 Å². The molecule has 27 heavy (non-hydrogen) atoms. The van der Waals surface area contributed by atoms with Gasteiger partial charge in [-0.05, 0) is 36.8 Å². The number of nitrogens with zero attached hydrogens (tertiary/aromatic N) is 1. The number of benzene rings is 2. The van der Waals surface area contributed by atoms with Crippen LogP contribution in [-0.2, 0) is 20.0 Å². The second-order valence-electron chi connectivity index (χ2n) is 5.91. The molecular weight excluding hydrogens is 392 g/mol. The summed E-state index contributed by atoms with van der Waals surface area (Å²) in [6.45, 7) is 0.383. The van der Waals surface area contributed by atoms with Crippen LogP contribution in [0.2, 0.25) is 0 Å². The van der Waals surface area contributed by atoms with Crippen LogP contribution in [0.5, 0.6) is 11.5 Å². The predicted molar refractivity (Wildman–Crippen MR) is 103 cm³/mol. The standard InChI is InChI=1S/C17H20N2O6S2/c1-24-16-8-7-15(12-17(16)25-2)27(22,23)18-13-5-3-6-14(11-13)19-9-4-10-26(19,20)21/h3,5-8,11-12,18H,4,9-10H2,1-2H3. The molecule has 8 nitrogen and oxygen atoms in total. The fourth-order valence-electron chi connectivity index (χ4n) is 2.85. The van der Waals surface area contributed by atoms with Crippen molar-refractivity contribution in [3.8, 4) is 11.5 Å². The molecule has 1 heterocycles. The highest BCUT2D eigenvalue weighted by Gasteiger charge is 2.28. The smallest absolute Gasteiger partial charge is 0.262 e. The molecule has 0 aliphatic carbocycles. The van der Waals surface area contributed by atoms with Crippen LogP contribution < -0.4 is 18.5 Å². The molecule has 1 aliphatic heterocycles. The Morgan fingerprint density at radius 1 is 1.04 bits per heavy atom. The molecule has 0 spiro atoms. The van der Waals surface area contributed by atoms with Gasteiger partial charge in [0.05, 0.1) is 36.2 Å². The molecule has 1 N–H and O–H groups in total. The molecule has 0 unspecified atom stereocenters. The summed E-state index contributed by atoms with van der Waals surface area (Å²) in [7, 11) is -4.36. The Bertz CT molecular complexity index is 1050. The van der Waals surface area contributed by atoms with E-state index in [9.17, 15) is 16.8 Å². The van der Waals surface area contributed by atoms with Crippen molar-refractivity contribution < 1.29 is 26.3 Å². The zero-order valence-electron chi connectivity index (χ0n) is 14.9. The third-order valence-electron chi connectivity index (χ3n) is 4.15. The number of sulfonamides is 2. The van der Waals surface area contributed by atoms with Gasteiger partial charge in [-0.25, -0.2) is 16.8 Å². The first-order valence-electron chi connectivity index (χ1n) is 8.12. The van der Waals surface area contributed by atoms with Crippen LogP contribution in [0.25, 0.3) is 0 Å². The molecule has 1 aliphatic rings. The lowest BCUT2D eigenvalue weighted by molar-refractivity contribution is 0.354.